The van der Waals surface area contributed by atoms with Crippen LogP contribution >= 0.6 is 0 Å². The Morgan fingerprint density at radius 2 is 1.87 bits per heavy atom. The monoisotopic (exact) mass is 319 g/mol. The standard InChI is InChI=1S/C17H22FN3O2/c1-5-15-16(12(2)23-19-15)17(22)21(11-10-20(3)4)14-8-6-13(18)7-9-14/h6-9H,5,10-11H2,1-4H3. The molecule has 1 heterocycles. The van der Waals surface area contributed by atoms with Gasteiger partial charge in [0.2, 0.25) is 0 Å². The zero-order valence-corrected chi connectivity index (χ0v) is 14.0. The van der Waals surface area contributed by atoms with Crippen LogP contribution in [0.1, 0.15) is 28.7 Å². The maximum absolute atomic E-state index is 13.2. The highest BCUT2D eigenvalue weighted by molar-refractivity contribution is 6.07. The molecular formula is C17H22FN3O2. The van der Waals surface area contributed by atoms with Crippen LogP contribution in [0.4, 0.5) is 10.1 Å². The fraction of sp³-hybridized carbons (Fsp3) is 0.412. The number of benzene rings is 1. The second-order valence-electron chi connectivity index (χ2n) is 5.65. The molecular weight excluding hydrogens is 297 g/mol. The van der Waals surface area contributed by atoms with E-state index in [0.717, 1.165) is 0 Å². The lowest BCUT2D eigenvalue weighted by molar-refractivity contribution is 0.0983. The lowest BCUT2D eigenvalue weighted by Crippen LogP contribution is -2.37. The zero-order valence-electron chi connectivity index (χ0n) is 14.0. The maximum atomic E-state index is 13.2. The van der Waals surface area contributed by atoms with E-state index in [1.165, 1.54) is 12.1 Å². The predicted octanol–water partition coefficient (Wildman–Crippen LogP) is 2.89. The summed E-state index contributed by atoms with van der Waals surface area (Å²) in [5, 5.41) is 3.95. The van der Waals surface area contributed by atoms with Crippen LogP contribution in [-0.2, 0) is 6.42 Å². The van der Waals surface area contributed by atoms with Crippen LogP contribution in [0.15, 0.2) is 28.8 Å². The van der Waals surface area contributed by atoms with Gasteiger partial charge in [-0.1, -0.05) is 12.1 Å². The van der Waals surface area contributed by atoms with Crippen LogP contribution < -0.4 is 4.90 Å². The Morgan fingerprint density at radius 1 is 1.22 bits per heavy atom. The molecule has 0 aliphatic heterocycles. The molecule has 5 nitrogen and oxygen atoms in total. The van der Waals surface area contributed by atoms with E-state index in [-0.39, 0.29) is 11.7 Å². The van der Waals surface area contributed by atoms with Crippen molar-refractivity contribution in [2.45, 2.75) is 20.3 Å². The van der Waals surface area contributed by atoms with Crippen molar-refractivity contribution in [1.82, 2.24) is 10.1 Å². The smallest absolute Gasteiger partial charge is 0.263 e. The van der Waals surface area contributed by atoms with Crippen LogP contribution in [0, 0.1) is 12.7 Å². The van der Waals surface area contributed by atoms with Gasteiger partial charge in [0.1, 0.15) is 17.1 Å². The van der Waals surface area contributed by atoms with Crippen LogP contribution in [-0.4, -0.2) is 43.1 Å². The van der Waals surface area contributed by atoms with Crippen molar-refractivity contribution < 1.29 is 13.7 Å². The van der Waals surface area contributed by atoms with E-state index >= 15 is 0 Å². The molecule has 0 radical (unpaired) electrons. The van der Waals surface area contributed by atoms with Gasteiger partial charge in [0.25, 0.3) is 5.91 Å². The predicted molar refractivity (Wildman–Crippen MR) is 87.2 cm³/mol. The summed E-state index contributed by atoms with van der Waals surface area (Å²) in [5.74, 6) is 0.00189. The van der Waals surface area contributed by atoms with Gasteiger partial charge in [0.15, 0.2) is 0 Å². The molecule has 0 saturated carbocycles. The molecule has 1 amide bonds. The SMILES string of the molecule is CCc1noc(C)c1C(=O)N(CCN(C)C)c1ccc(F)cc1. The third-order valence-corrected chi connectivity index (χ3v) is 3.64. The maximum Gasteiger partial charge on any atom is 0.263 e. The summed E-state index contributed by atoms with van der Waals surface area (Å²) in [6.07, 6.45) is 0.614. The van der Waals surface area contributed by atoms with Gasteiger partial charge >= 0.3 is 0 Å². The highest BCUT2D eigenvalue weighted by Crippen LogP contribution is 2.22. The van der Waals surface area contributed by atoms with Gasteiger partial charge in [0.05, 0.1) is 5.69 Å². The van der Waals surface area contributed by atoms with Gasteiger partial charge in [0, 0.05) is 18.8 Å². The quantitative estimate of drug-likeness (QED) is 0.821. The number of rotatable bonds is 6. The van der Waals surface area contributed by atoms with Gasteiger partial charge in [-0.3, -0.25) is 4.79 Å². The number of carbonyl (C=O) groups excluding carboxylic acids is 1. The molecule has 0 atom stereocenters. The van der Waals surface area contributed by atoms with Gasteiger partial charge in [-0.25, -0.2) is 4.39 Å². The van der Waals surface area contributed by atoms with Crippen molar-refractivity contribution in [3.63, 3.8) is 0 Å². The normalized spacial score (nSPS) is 11.0. The first-order valence-corrected chi connectivity index (χ1v) is 7.61. The zero-order chi connectivity index (χ0) is 17.0. The highest BCUT2D eigenvalue weighted by atomic mass is 19.1. The molecule has 2 rings (SSSR count). The lowest BCUT2D eigenvalue weighted by Gasteiger charge is -2.24. The molecule has 0 N–H and O–H groups in total. The Hall–Kier alpha value is -2.21. The number of anilines is 1. The van der Waals surface area contributed by atoms with Gasteiger partial charge in [-0.15, -0.1) is 0 Å². The van der Waals surface area contributed by atoms with Crippen LogP contribution in [0.3, 0.4) is 0 Å². The number of hydrogen-bond donors (Lipinski definition) is 0. The van der Waals surface area contributed by atoms with Crippen LogP contribution in [0.25, 0.3) is 0 Å². The van der Waals surface area contributed by atoms with E-state index in [2.05, 4.69) is 5.16 Å². The number of hydrogen-bond acceptors (Lipinski definition) is 4. The van der Waals surface area contributed by atoms with Gasteiger partial charge < -0.3 is 14.3 Å². The second kappa shape index (κ2) is 7.37. The summed E-state index contributed by atoms with van der Waals surface area (Å²) in [6, 6.07) is 5.92. The number of aryl methyl sites for hydroxylation is 2. The largest absolute Gasteiger partial charge is 0.361 e. The molecule has 0 aliphatic rings. The van der Waals surface area contributed by atoms with Gasteiger partial charge in [-0.2, -0.15) is 0 Å². The summed E-state index contributed by atoms with van der Waals surface area (Å²) < 4.78 is 18.4. The fourth-order valence-electron chi connectivity index (χ4n) is 2.34. The van der Waals surface area contributed by atoms with E-state index in [9.17, 15) is 9.18 Å². The highest BCUT2D eigenvalue weighted by Gasteiger charge is 2.25. The topological polar surface area (TPSA) is 49.6 Å². The Labute approximate surface area is 135 Å². The van der Waals surface area contributed by atoms with E-state index < -0.39 is 0 Å². The molecule has 124 valence electrons. The summed E-state index contributed by atoms with van der Waals surface area (Å²) in [6.45, 7) is 4.84. The van der Waals surface area contributed by atoms with E-state index in [1.807, 2.05) is 25.9 Å². The number of nitrogens with zero attached hydrogens (tertiary/aromatic N) is 3. The van der Waals surface area contributed by atoms with Gasteiger partial charge in [-0.05, 0) is 51.7 Å². The Bertz CT molecular complexity index is 665. The van der Waals surface area contributed by atoms with Crippen LogP contribution in [0.2, 0.25) is 0 Å². The van der Waals surface area contributed by atoms with E-state index in [1.54, 1.807) is 24.0 Å². The molecule has 0 spiro atoms. The molecule has 0 bridgehead atoms. The summed E-state index contributed by atoms with van der Waals surface area (Å²) in [5.41, 5.74) is 1.79. The van der Waals surface area contributed by atoms with Crippen molar-refractivity contribution >= 4 is 11.6 Å². The minimum atomic E-state index is -0.329. The average Bonchev–Trinajstić information content (AvgIpc) is 2.89. The molecule has 1 aromatic heterocycles. The van der Waals surface area contributed by atoms with Crippen molar-refractivity contribution in [1.29, 1.82) is 0 Å². The first-order chi connectivity index (χ1) is 10.9. The fourth-order valence-corrected chi connectivity index (χ4v) is 2.34. The Morgan fingerprint density at radius 3 is 2.43 bits per heavy atom. The van der Waals surface area contributed by atoms with Crippen LogP contribution in [0.5, 0.6) is 0 Å². The number of carbonyl (C=O) groups is 1. The second-order valence-corrected chi connectivity index (χ2v) is 5.65. The number of amides is 1. The molecule has 2 aromatic rings. The molecule has 0 aliphatic carbocycles. The molecule has 23 heavy (non-hydrogen) atoms. The Balaban J connectivity index is 2.37. The van der Waals surface area contributed by atoms with Crippen molar-refractivity contribution in [2.75, 3.05) is 32.1 Å². The van der Waals surface area contributed by atoms with E-state index in [4.69, 9.17) is 4.52 Å². The summed E-state index contributed by atoms with van der Waals surface area (Å²) >= 11 is 0. The number of halogens is 1. The molecule has 0 fully saturated rings. The molecule has 0 unspecified atom stereocenters. The van der Waals surface area contributed by atoms with Crippen molar-refractivity contribution in [3.8, 4) is 0 Å². The number of aromatic nitrogens is 1. The lowest BCUT2D eigenvalue weighted by atomic mass is 10.1. The molecule has 0 saturated heterocycles. The first kappa shape index (κ1) is 17.1. The number of likely N-dealkylation sites (N-methyl/N-ethyl adjacent to an activating group) is 1. The minimum Gasteiger partial charge on any atom is -0.361 e. The molecule has 1 aromatic carbocycles. The van der Waals surface area contributed by atoms with E-state index in [0.29, 0.717) is 42.2 Å². The third kappa shape index (κ3) is 3.96. The average molecular weight is 319 g/mol. The van der Waals surface area contributed by atoms with Crippen molar-refractivity contribution in [3.05, 3.63) is 47.1 Å². The third-order valence-electron chi connectivity index (χ3n) is 3.64. The molecule has 6 heteroatoms. The first-order valence-electron chi connectivity index (χ1n) is 7.61. The minimum absolute atomic E-state index is 0.172. The summed E-state index contributed by atoms with van der Waals surface area (Å²) in [4.78, 5) is 16.6. The summed E-state index contributed by atoms with van der Waals surface area (Å²) in [7, 11) is 3.88. The Kier molecular flexibility index (Phi) is 5.50. The van der Waals surface area contributed by atoms with Crippen molar-refractivity contribution in [2.24, 2.45) is 0 Å².